The largest absolute Gasteiger partial charge is 0.450 e. The molecule has 1 aromatic carbocycles. The molecule has 2 aliphatic rings. The Labute approximate surface area is 198 Å². The lowest BCUT2D eigenvalue weighted by molar-refractivity contribution is 0.129. The van der Waals surface area contributed by atoms with Gasteiger partial charge in [0.05, 0.1) is 18.5 Å². The zero-order valence-electron chi connectivity index (χ0n) is 19.2. The number of ether oxygens (including phenoxy) is 1. The van der Waals surface area contributed by atoms with Crippen LogP contribution in [0.2, 0.25) is 0 Å². The number of halogens is 1. The number of hydrogen-bond donors (Lipinski definition) is 2. The highest BCUT2D eigenvalue weighted by atomic mass is 19.1. The summed E-state index contributed by atoms with van der Waals surface area (Å²) >= 11 is 0. The summed E-state index contributed by atoms with van der Waals surface area (Å²) in [5.74, 6) is 0.931. The van der Waals surface area contributed by atoms with E-state index in [9.17, 15) is 9.18 Å². The molecule has 0 spiro atoms. The van der Waals surface area contributed by atoms with Crippen LogP contribution in [0.1, 0.15) is 49.1 Å². The Kier molecular flexibility index (Phi) is 6.43. The number of nitrogens with one attached hydrogen (secondary N) is 2. The van der Waals surface area contributed by atoms with Gasteiger partial charge in [-0.25, -0.2) is 9.18 Å². The highest BCUT2D eigenvalue weighted by Crippen LogP contribution is 2.47. The third kappa shape index (κ3) is 4.74. The summed E-state index contributed by atoms with van der Waals surface area (Å²) in [5, 5.41) is 10.6. The number of fused-ring (bicyclic) bond motifs is 2. The fraction of sp³-hybridized carbons (Fsp3) is 0.370. The van der Waals surface area contributed by atoms with Gasteiger partial charge in [0.15, 0.2) is 0 Å². The van der Waals surface area contributed by atoms with Crippen LogP contribution in [0, 0.1) is 17.7 Å². The Balaban J connectivity index is 1.32. The lowest BCUT2D eigenvalue weighted by Gasteiger charge is -2.42. The van der Waals surface area contributed by atoms with Crippen LogP contribution in [-0.2, 0) is 11.2 Å². The number of H-pyrrole nitrogens is 1. The van der Waals surface area contributed by atoms with Gasteiger partial charge in [-0.1, -0.05) is 24.3 Å². The zero-order valence-corrected chi connectivity index (χ0v) is 19.2. The van der Waals surface area contributed by atoms with Crippen molar-refractivity contribution < 1.29 is 13.9 Å². The third-order valence-corrected chi connectivity index (χ3v) is 7.09. The molecule has 7 heteroatoms. The van der Waals surface area contributed by atoms with Crippen molar-refractivity contribution >= 4 is 12.2 Å². The molecule has 5 rings (SSSR count). The van der Waals surface area contributed by atoms with E-state index < -0.39 is 0 Å². The van der Waals surface area contributed by atoms with E-state index in [1.807, 2.05) is 31.3 Å². The second-order valence-electron chi connectivity index (χ2n) is 9.18. The van der Waals surface area contributed by atoms with Crippen molar-refractivity contribution in [1.29, 1.82) is 0 Å². The minimum atomic E-state index is -0.324. The molecule has 1 saturated carbocycles. The Hall–Kier alpha value is -3.48. The molecule has 0 radical (unpaired) electrons. The summed E-state index contributed by atoms with van der Waals surface area (Å²) in [6.45, 7) is 2.20. The van der Waals surface area contributed by atoms with Gasteiger partial charge in [0.1, 0.15) is 5.82 Å². The number of carbonyl (C=O) groups is 1. The number of aromatic nitrogens is 3. The average molecular weight is 461 g/mol. The fourth-order valence-corrected chi connectivity index (χ4v) is 5.52. The Morgan fingerprint density at radius 2 is 2.15 bits per heavy atom. The van der Waals surface area contributed by atoms with E-state index in [4.69, 9.17) is 4.74 Å². The molecule has 176 valence electrons. The number of hydrogen-bond acceptors (Lipinski definition) is 4. The van der Waals surface area contributed by atoms with Gasteiger partial charge in [-0.05, 0) is 79.8 Å². The highest BCUT2D eigenvalue weighted by molar-refractivity contribution is 5.67. The van der Waals surface area contributed by atoms with Crippen molar-refractivity contribution in [3.05, 3.63) is 77.6 Å². The van der Waals surface area contributed by atoms with Gasteiger partial charge in [-0.2, -0.15) is 5.10 Å². The van der Waals surface area contributed by atoms with E-state index in [0.29, 0.717) is 18.4 Å². The SMILES string of the molecule is CCOC(=O)N[C@@H]1CC[C@@H]2[C@H](Cc3cn[nH]c3[C@H]2/C=C/c2ccc(-c3cccc(F)c3)cn2)C1. The predicted octanol–water partition coefficient (Wildman–Crippen LogP) is 5.49. The number of amides is 1. The molecule has 34 heavy (non-hydrogen) atoms. The maximum Gasteiger partial charge on any atom is 0.407 e. The molecular formula is C27H29FN4O2. The smallest absolute Gasteiger partial charge is 0.407 e. The first-order valence-electron chi connectivity index (χ1n) is 12.0. The first-order chi connectivity index (χ1) is 16.6. The first kappa shape index (κ1) is 22.3. The quantitative estimate of drug-likeness (QED) is 0.527. The van der Waals surface area contributed by atoms with E-state index in [0.717, 1.165) is 42.5 Å². The van der Waals surface area contributed by atoms with Crippen LogP contribution in [0.15, 0.2) is 54.9 Å². The van der Waals surface area contributed by atoms with Crippen molar-refractivity contribution in [3.8, 4) is 11.1 Å². The lowest BCUT2D eigenvalue weighted by atomic mass is 9.64. The van der Waals surface area contributed by atoms with Gasteiger partial charge in [0.2, 0.25) is 0 Å². The fourth-order valence-electron chi connectivity index (χ4n) is 5.52. The van der Waals surface area contributed by atoms with Gasteiger partial charge in [-0.15, -0.1) is 0 Å². The summed E-state index contributed by atoms with van der Waals surface area (Å²) in [4.78, 5) is 16.5. The van der Waals surface area contributed by atoms with E-state index in [-0.39, 0.29) is 23.9 Å². The molecule has 2 aliphatic carbocycles. The molecular weight excluding hydrogens is 431 g/mol. The number of aromatic amines is 1. The molecule has 6 nitrogen and oxygen atoms in total. The lowest BCUT2D eigenvalue weighted by Crippen LogP contribution is -2.44. The molecule has 2 aromatic heterocycles. The molecule has 2 N–H and O–H groups in total. The standard InChI is InChI=1S/C27H29FN4O2/c1-2-34-27(33)31-23-9-10-24-19(14-23)12-20-16-30-32-26(20)25(24)11-8-22-7-6-18(15-29-22)17-4-3-5-21(28)13-17/h3-8,11,13,15-16,19,23-25H,2,9-10,12,14H2,1H3,(H,30,32)(H,31,33)/b11-8+/t19-,23-,24-,25+/m1/s1. The number of nitrogens with zero attached hydrogens (tertiary/aromatic N) is 2. The Morgan fingerprint density at radius 3 is 2.94 bits per heavy atom. The maximum atomic E-state index is 13.5. The summed E-state index contributed by atoms with van der Waals surface area (Å²) in [5.41, 5.74) is 5.00. The second kappa shape index (κ2) is 9.79. The van der Waals surface area contributed by atoms with Crippen molar-refractivity contribution in [2.75, 3.05) is 6.61 Å². The summed E-state index contributed by atoms with van der Waals surface area (Å²) < 4.78 is 18.6. The molecule has 1 amide bonds. The molecule has 0 bridgehead atoms. The van der Waals surface area contributed by atoms with Gasteiger partial charge in [0.25, 0.3) is 0 Å². The number of allylic oxidation sites excluding steroid dienone is 1. The molecule has 1 fully saturated rings. The van der Waals surface area contributed by atoms with E-state index in [1.165, 1.54) is 23.4 Å². The Morgan fingerprint density at radius 1 is 1.24 bits per heavy atom. The minimum Gasteiger partial charge on any atom is -0.450 e. The highest BCUT2D eigenvalue weighted by Gasteiger charge is 2.40. The van der Waals surface area contributed by atoms with Crippen molar-refractivity contribution in [1.82, 2.24) is 20.5 Å². The molecule has 3 aromatic rings. The summed E-state index contributed by atoms with van der Waals surface area (Å²) in [6.07, 6.45) is 11.6. The Bertz CT molecular complexity index is 1170. The predicted molar refractivity (Wildman–Crippen MR) is 128 cm³/mol. The molecule has 0 unspecified atom stereocenters. The molecule has 2 heterocycles. The molecule has 0 saturated heterocycles. The van der Waals surface area contributed by atoms with Gasteiger partial charge < -0.3 is 10.1 Å². The average Bonchev–Trinajstić information content (AvgIpc) is 3.30. The van der Waals surface area contributed by atoms with Crippen LogP contribution in [0.3, 0.4) is 0 Å². The van der Waals surface area contributed by atoms with Crippen molar-refractivity contribution in [2.24, 2.45) is 11.8 Å². The minimum absolute atomic E-state index is 0.149. The topological polar surface area (TPSA) is 79.9 Å². The number of carbonyl (C=O) groups excluding carboxylic acids is 1. The second-order valence-corrected chi connectivity index (χ2v) is 9.18. The maximum absolute atomic E-state index is 13.5. The van der Waals surface area contributed by atoms with Gasteiger partial charge >= 0.3 is 6.09 Å². The van der Waals surface area contributed by atoms with Crippen LogP contribution in [0.4, 0.5) is 9.18 Å². The summed E-state index contributed by atoms with van der Waals surface area (Å²) in [7, 11) is 0. The van der Waals surface area contributed by atoms with E-state index >= 15 is 0 Å². The van der Waals surface area contributed by atoms with Crippen LogP contribution in [0.25, 0.3) is 17.2 Å². The third-order valence-electron chi connectivity index (χ3n) is 7.09. The van der Waals surface area contributed by atoms with E-state index in [2.05, 4.69) is 32.7 Å². The number of rotatable bonds is 5. The summed E-state index contributed by atoms with van der Waals surface area (Å²) in [6, 6.07) is 10.6. The van der Waals surface area contributed by atoms with Crippen LogP contribution in [0.5, 0.6) is 0 Å². The van der Waals surface area contributed by atoms with E-state index in [1.54, 1.807) is 12.3 Å². The monoisotopic (exact) mass is 460 g/mol. The van der Waals surface area contributed by atoms with Gasteiger partial charge in [-0.3, -0.25) is 10.1 Å². The molecule has 0 aliphatic heterocycles. The van der Waals surface area contributed by atoms with Crippen molar-refractivity contribution in [3.63, 3.8) is 0 Å². The van der Waals surface area contributed by atoms with Crippen LogP contribution < -0.4 is 5.32 Å². The number of benzene rings is 1. The van der Waals surface area contributed by atoms with Crippen molar-refractivity contribution in [2.45, 2.75) is 44.6 Å². The zero-order chi connectivity index (χ0) is 23.5. The molecule has 4 atom stereocenters. The first-order valence-corrected chi connectivity index (χ1v) is 12.0. The van der Waals surface area contributed by atoms with Crippen LogP contribution >= 0.6 is 0 Å². The van der Waals surface area contributed by atoms with Crippen LogP contribution in [-0.4, -0.2) is 33.9 Å². The normalized spacial score (nSPS) is 23.8. The van der Waals surface area contributed by atoms with Gasteiger partial charge in [0, 0.05) is 29.4 Å². The number of pyridine rings is 1. The number of alkyl carbamates (subject to hydrolysis) is 1.